The molecule has 1 aromatic carbocycles. The predicted molar refractivity (Wildman–Crippen MR) is 83.8 cm³/mol. The molecule has 21 heavy (non-hydrogen) atoms. The van der Waals surface area contributed by atoms with E-state index in [1.165, 1.54) is 5.56 Å². The highest BCUT2D eigenvalue weighted by molar-refractivity contribution is 5.75. The summed E-state index contributed by atoms with van der Waals surface area (Å²) in [4.78, 5) is 15.6. The number of carbonyl (C=O) groups is 1. The van der Waals surface area contributed by atoms with E-state index in [2.05, 4.69) is 27.8 Å². The second-order valence-corrected chi connectivity index (χ2v) is 4.78. The molecule has 2 N–H and O–H groups in total. The Morgan fingerprint density at radius 2 is 1.76 bits per heavy atom. The summed E-state index contributed by atoms with van der Waals surface area (Å²) in [5.41, 5.74) is 2.33. The Hall–Kier alpha value is -2.20. The lowest BCUT2D eigenvalue weighted by molar-refractivity contribution is -0.120. The van der Waals surface area contributed by atoms with Crippen molar-refractivity contribution >= 4 is 5.91 Å². The number of carbonyl (C=O) groups excluding carboxylic acids is 1. The Balaban J connectivity index is 2.05. The smallest absolute Gasteiger partial charge is 0.221 e. The molecule has 4 nitrogen and oxygen atoms in total. The van der Waals surface area contributed by atoms with Gasteiger partial charge in [-0.15, -0.1) is 0 Å². The summed E-state index contributed by atoms with van der Waals surface area (Å²) in [6, 6.07) is 14.3. The molecule has 0 fully saturated rings. The summed E-state index contributed by atoms with van der Waals surface area (Å²) < 4.78 is 0. The van der Waals surface area contributed by atoms with Crippen molar-refractivity contribution in [1.82, 2.24) is 15.6 Å². The van der Waals surface area contributed by atoms with Gasteiger partial charge in [-0.1, -0.05) is 30.3 Å². The normalized spacial score (nSPS) is 11.9. The molecule has 1 aromatic heterocycles. The van der Waals surface area contributed by atoms with E-state index in [1.807, 2.05) is 37.3 Å². The predicted octanol–water partition coefficient (Wildman–Crippen LogP) is 2.29. The zero-order chi connectivity index (χ0) is 14.9. The average Bonchev–Trinajstić information content (AvgIpc) is 2.53. The molecule has 0 saturated carbocycles. The van der Waals surface area contributed by atoms with Gasteiger partial charge in [-0.3, -0.25) is 9.78 Å². The number of hydrogen-bond donors (Lipinski definition) is 2. The van der Waals surface area contributed by atoms with E-state index < -0.39 is 0 Å². The minimum absolute atomic E-state index is 0.0728. The lowest BCUT2D eigenvalue weighted by Crippen LogP contribution is -2.29. The summed E-state index contributed by atoms with van der Waals surface area (Å²) in [5, 5.41) is 6.26. The Morgan fingerprint density at radius 1 is 1.10 bits per heavy atom. The van der Waals surface area contributed by atoms with Crippen LogP contribution in [0.5, 0.6) is 0 Å². The van der Waals surface area contributed by atoms with Crippen molar-refractivity contribution in [2.24, 2.45) is 0 Å². The monoisotopic (exact) mass is 283 g/mol. The van der Waals surface area contributed by atoms with Crippen LogP contribution in [0.25, 0.3) is 0 Å². The van der Waals surface area contributed by atoms with Crippen LogP contribution in [0.1, 0.15) is 30.5 Å². The summed E-state index contributed by atoms with van der Waals surface area (Å²) in [7, 11) is 0. The fourth-order valence-corrected chi connectivity index (χ4v) is 2.25. The van der Waals surface area contributed by atoms with Crippen LogP contribution >= 0.6 is 0 Å². The van der Waals surface area contributed by atoms with Crippen LogP contribution in [-0.2, 0) is 4.79 Å². The summed E-state index contributed by atoms with van der Waals surface area (Å²) in [6.45, 7) is 3.23. The summed E-state index contributed by atoms with van der Waals surface area (Å²) >= 11 is 0. The van der Waals surface area contributed by atoms with Gasteiger partial charge in [0.1, 0.15) is 0 Å². The number of benzene rings is 1. The molecule has 4 heteroatoms. The number of aromatic nitrogens is 1. The minimum Gasteiger partial charge on any atom is -0.356 e. The Labute approximate surface area is 125 Å². The van der Waals surface area contributed by atoms with E-state index >= 15 is 0 Å². The van der Waals surface area contributed by atoms with Crippen molar-refractivity contribution < 1.29 is 4.79 Å². The third-order valence-corrected chi connectivity index (χ3v) is 3.25. The van der Waals surface area contributed by atoms with Gasteiger partial charge in [0, 0.05) is 31.9 Å². The molecule has 0 radical (unpaired) electrons. The fourth-order valence-electron chi connectivity index (χ4n) is 2.25. The number of pyridine rings is 1. The number of nitrogens with zero attached hydrogens (tertiary/aromatic N) is 1. The summed E-state index contributed by atoms with van der Waals surface area (Å²) in [6.07, 6.45) is 4.05. The number of nitrogens with one attached hydrogen (secondary N) is 2. The Morgan fingerprint density at radius 3 is 2.43 bits per heavy atom. The third-order valence-electron chi connectivity index (χ3n) is 3.25. The molecule has 1 heterocycles. The molecule has 1 atom stereocenters. The number of rotatable bonds is 7. The molecule has 0 saturated heterocycles. The van der Waals surface area contributed by atoms with Crippen LogP contribution in [0.15, 0.2) is 54.9 Å². The molecular formula is C17H21N3O. The number of amides is 1. The van der Waals surface area contributed by atoms with Gasteiger partial charge in [-0.2, -0.15) is 0 Å². The van der Waals surface area contributed by atoms with Crippen molar-refractivity contribution in [2.75, 3.05) is 13.1 Å². The number of hydrogen-bond acceptors (Lipinski definition) is 3. The van der Waals surface area contributed by atoms with E-state index in [0.29, 0.717) is 19.5 Å². The van der Waals surface area contributed by atoms with Crippen LogP contribution in [0.4, 0.5) is 0 Å². The van der Waals surface area contributed by atoms with E-state index in [0.717, 1.165) is 5.56 Å². The van der Waals surface area contributed by atoms with E-state index in [1.54, 1.807) is 12.4 Å². The first-order valence-corrected chi connectivity index (χ1v) is 7.26. The van der Waals surface area contributed by atoms with Crippen molar-refractivity contribution in [3.05, 3.63) is 66.0 Å². The molecular weight excluding hydrogens is 262 g/mol. The van der Waals surface area contributed by atoms with Crippen molar-refractivity contribution in [1.29, 1.82) is 0 Å². The maximum absolute atomic E-state index is 11.5. The molecule has 0 aliphatic rings. The van der Waals surface area contributed by atoms with Crippen LogP contribution in [0, 0.1) is 0 Å². The van der Waals surface area contributed by atoms with Gasteiger partial charge in [0.05, 0.1) is 6.04 Å². The molecule has 0 aliphatic heterocycles. The maximum Gasteiger partial charge on any atom is 0.221 e. The molecule has 0 spiro atoms. The Kier molecular flexibility index (Phi) is 5.91. The lowest BCUT2D eigenvalue weighted by atomic mass is 9.99. The van der Waals surface area contributed by atoms with Crippen LogP contribution in [-0.4, -0.2) is 24.0 Å². The second-order valence-electron chi connectivity index (χ2n) is 4.78. The minimum atomic E-state index is 0.0728. The second kappa shape index (κ2) is 8.17. The molecule has 110 valence electrons. The van der Waals surface area contributed by atoms with Crippen LogP contribution in [0.2, 0.25) is 0 Å². The lowest BCUT2D eigenvalue weighted by Gasteiger charge is -2.19. The topological polar surface area (TPSA) is 54.0 Å². The standard InChI is InChI=1S/C17H21N3O/c1-2-19-16(21)10-13-20-17(14-6-4-3-5-7-14)15-8-11-18-12-9-15/h3-9,11-12,17,20H,2,10,13H2,1H3,(H,19,21). The molecule has 1 unspecified atom stereocenters. The van der Waals surface area contributed by atoms with Crippen molar-refractivity contribution in [2.45, 2.75) is 19.4 Å². The van der Waals surface area contributed by atoms with Gasteiger partial charge in [0.25, 0.3) is 0 Å². The van der Waals surface area contributed by atoms with Crippen LogP contribution in [0.3, 0.4) is 0 Å². The quantitative estimate of drug-likeness (QED) is 0.819. The van der Waals surface area contributed by atoms with E-state index in [9.17, 15) is 4.79 Å². The first-order chi connectivity index (χ1) is 10.3. The first-order valence-electron chi connectivity index (χ1n) is 7.26. The molecule has 0 bridgehead atoms. The van der Waals surface area contributed by atoms with Crippen LogP contribution < -0.4 is 10.6 Å². The fraction of sp³-hybridized carbons (Fsp3) is 0.294. The largest absolute Gasteiger partial charge is 0.356 e. The molecule has 1 amide bonds. The first kappa shape index (κ1) is 15.2. The van der Waals surface area contributed by atoms with Crippen molar-refractivity contribution in [3.8, 4) is 0 Å². The van der Waals surface area contributed by atoms with Gasteiger partial charge in [-0.25, -0.2) is 0 Å². The SMILES string of the molecule is CCNC(=O)CCNC(c1ccccc1)c1ccncc1. The highest BCUT2D eigenvalue weighted by Gasteiger charge is 2.13. The van der Waals surface area contributed by atoms with Crippen molar-refractivity contribution in [3.63, 3.8) is 0 Å². The van der Waals surface area contributed by atoms with E-state index in [4.69, 9.17) is 0 Å². The van der Waals surface area contributed by atoms with Gasteiger partial charge < -0.3 is 10.6 Å². The molecule has 2 aromatic rings. The van der Waals surface area contributed by atoms with Gasteiger partial charge in [0.15, 0.2) is 0 Å². The van der Waals surface area contributed by atoms with Gasteiger partial charge in [-0.05, 0) is 30.2 Å². The highest BCUT2D eigenvalue weighted by Crippen LogP contribution is 2.21. The maximum atomic E-state index is 11.5. The molecule has 0 aliphatic carbocycles. The Bertz CT molecular complexity index is 503. The zero-order valence-electron chi connectivity index (χ0n) is 12.3. The highest BCUT2D eigenvalue weighted by atomic mass is 16.1. The van der Waals surface area contributed by atoms with Gasteiger partial charge in [0.2, 0.25) is 5.91 Å². The van der Waals surface area contributed by atoms with E-state index in [-0.39, 0.29) is 11.9 Å². The summed E-state index contributed by atoms with van der Waals surface area (Å²) in [5.74, 6) is 0.0755. The molecule has 2 rings (SSSR count). The average molecular weight is 283 g/mol. The van der Waals surface area contributed by atoms with Gasteiger partial charge >= 0.3 is 0 Å². The zero-order valence-corrected chi connectivity index (χ0v) is 12.3. The third kappa shape index (κ3) is 4.68.